The third kappa shape index (κ3) is 3.24. The van der Waals surface area contributed by atoms with Gasteiger partial charge in [-0.2, -0.15) is 0 Å². The minimum Gasteiger partial charge on any atom is -0.437 e. The Hall–Kier alpha value is -1.60. The molecule has 0 saturated heterocycles. The van der Waals surface area contributed by atoms with Crippen molar-refractivity contribution in [2.75, 3.05) is 5.73 Å². The third-order valence-electron chi connectivity index (χ3n) is 2.24. The summed E-state index contributed by atoms with van der Waals surface area (Å²) in [5.74, 6) is -0.0178. The van der Waals surface area contributed by atoms with E-state index in [9.17, 15) is 4.79 Å². The second kappa shape index (κ2) is 5.58. The monoisotopic (exact) mass is 385 g/mol. The van der Waals surface area contributed by atoms with Gasteiger partial charge < -0.3 is 16.2 Å². The van der Waals surface area contributed by atoms with Crippen molar-refractivity contribution in [1.29, 1.82) is 0 Å². The largest absolute Gasteiger partial charge is 0.437 e. The summed E-state index contributed by atoms with van der Waals surface area (Å²) in [4.78, 5) is 15.3. The summed E-state index contributed by atoms with van der Waals surface area (Å²) in [6.07, 6.45) is 1.40. The molecule has 2 rings (SSSR count). The van der Waals surface area contributed by atoms with E-state index in [-0.39, 0.29) is 11.4 Å². The van der Waals surface area contributed by atoms with Crippen LogP contribution < -0.4 is 16.2 Å². The lowest BCUT2D eigenvalue weighted by molar-refractivity contribution is 0.0997. The summed E-state index contributed by atoms with van der Waals surface area (Å²) in [6, 6.07) is 6.78. The topological polar surface area (TPSA) is 91.2 Å². The van der Waals surface area contributed by atoms with Gasteiger partial charge in [-0.25, -0.2) is 4.98 Å². The van der Waals surface area contributed by atoms with E-state index in [4.69, 9.17) is 16.2 Å². The fourth-order valence-electron chi connectivity index (χ4n) is 1.39. The molecule has 2 aromatic rings. The zero-order valence-corrected chi connectivity index (χ0v) is 12.7. The number of benzene rings is 1. The van der Waals surface area contributed by atoms with Gasteiger partial charge in [0.05, 0.1) is 16.4 Å². The van der Waals surface area contributed by atoms with E-state index in [0.29, 0.717) is 11.4 Å². The van der Waals surface area contributed by atoms with Crippen molar-refractivity contribution >= 4 is 43.5 Å². The van der Waals surface area contributed by atoms with Crippen LogP contribution in [-0.4, -0.2) is 10.9 Å². The zero-order valence-electron chi connectivity index (χ0n) is 9.56. The molecular formula is C12H9Br2N3O2. The molecule has 1 amide bonds. The first-order valence-corrected chi connectivity index (χ1v) is 6.74. The predicted molar refractivity (Wildman–Crippen MR) is 79.1 cm³/mol. The number of ether oxygens (including phenoxy) is 1. The highest BCUT2D eigenvalue weighted by molar-refractivity contribution is 9.11. The first-order chi connectivity index (χ1) is 8.97. The maximum atomic E-state index is 11.3. The second-order valence-electron chi connectivity index (χ2n) is 3.66. The Morgan fingerprint density at radius 1 is 1.26 bits per heavy atom. The van der Waals surface area contributed by atoms with Gasteiger partial charge in [-0.15, -0.1) is 0 Å². The summed E-state index contributed by atoms with van der Waals surface area (Å²) in [5.41, 5.74) is 11.3. The van der Waals surface area contributed by atoms with E-state index in [1.165, 1.54) is 12.3 Å². The average Bonchev–Trinajstić information content (AvgIpc) is 2.34. The first kappa shape index (κ1) is 13.8. The number of anilines is 1. The Labute approximate surface area is 126 Å². The van der Waals surface area contributed by atoms with Gasteiger partial charge >= 0.3 is 0 Å². The molecule has 0 radical (unpaired) electrons. The molecule has 0 bridgehead atoms. The van der Waals surface area contributed by atoms with E-state index < -0.39 is 5.91 Å². The highest BCUT2D eigenvalue weighted by Gasteiger charge is 2.14. The maximum Gasteiger partial charge on any atom is 0.254 e. The van der Waals surface area contributed by atoms with Crippen molar-refractivity contribution in [3.05, 3.63) is 45.0 Å². The normalized spacial score (nSPS) is 10.2. The SMILES string of the molecule is NC(=O)c1cc(N)cnc1Oc1ccc(Br)cc1Br. The number of nitrogens with two attached hydrogens (primary N) is 2. The fraction of sp³-hybridized carbons (Fsp3) is 0. The highest BCUT2D eigenvalue weighted by atomic mass is 79.9. The van der Waals surface area contributed by atoms with Gasteiger partial charge in [0.2, 0.25) is 5.88 Å². The van der Waals surface area contributed by atoms with Crippen LogP contribution in [0.25, 0.3) is 0 Å². The molecule has 1 heterocycles. The highest BCUT2D eigenvalue weighted by Crippen LogP contribution is 2.32. The van der Waals surface area contributed by atoms with Crippen molar-refractivity contribution in [2.24, 2.45) is 5.73 Å². The van der Waals surface area contributed by atoms with Crippen LogP contribution in [0.1, 0.15) is 10.4 Å². The quantitative estimate of drug-likeness (QED) is 0.847. The van der Waals surface area contributed by atoms with Crippen molar-refractivity contribution in [2.45, 2.75) is 0 Å². The molecule has 0 unspecified atom stereocenters. The molecule has 0 aliphatic rings. The minimum absolute atomic E-state index is 0.115. The van der Waals surface area contributed by atoms with Crippen LogP contribution in [-0.2, 0) is 0 Å². The number of hydrogen-bond donors (Lipinski definition) is 2. The Balaban J connectivity index is 2.40. The molecule has 1 aromatic heterocycles. The van der Waals surface area contributed by atoms with E-state index in [1.54, 1.807) is 12.1 Å². The number of pyridine rings is 1. The van der Waals surface area contributed by atoms with Crippen molar-refractivity contribution in [3.8, 4) is 11.6 Å². The second-order valence-corrected chi connectivity index (χ2v) is 5.43. The molecule has 0 saturated carbocycles. The summed E-state index contributed by atoms with van der Waals surface area (Å²) in [5, 5.41) is 0. The van der Waals surface area contributed by atoms with E-state index >= 15 is 0 Å². The van der Waals surface area contributed by atoms with E-state index in [1.807, 2.05) is 6.07 Å². The number of halogens is 2. The van der Waals surface area contributed by atoms with Crippen molar-refractivity contribution in [3.63, 3.8) is 0 Å². The summed E-state index contributed by atoms with van der Waals surface area (Å²) >= 11 is 6.69. The number of primary amides is 1. The van der Waals surface area contributed by atoms with Gasteiger partial charge in [-0.1, -0.05) is 15.9 Å². The van der Waals surface area contributed by atoms with Crippen LogP contribution in [0.5, 0.6) is 11.6 Å². The number of nitrogen functional groups attached to an aromatic ring is 1. The number of aromatic nitrogens is 1. The standard InChI is InChI=1S/C12H9Br2N3O2/c13-6-1-2-10(9(14)3-6)19-12-8(11(16)18)4-7(15)5-17-12/h1-5H,15H2,(H2,16,18). The molecule has 5 nitrogen and oxygen atoms in total. The molecule has 0 atom stereocenters. The molecule has 0 aliphatic heterocycles. The van der Waals surface area contributed by atoms with Crippen LogP contribution in [0.2, 0.25) is 0 Å². The van der Waals surface area contributed by atoms with E-state index in [0.717, 1.165) is 8.95 Å². The summed E-state index contributed by atoms with van der Waals surface area (Å²) in [6.45, 7) is 0. The Bertz CT molecular complexity index is 647. The number of carbonyl (C=O) groups is 1. The molecule has 19 heavy (non-hydrogen) atoms. The first-order valence-electron chi connectivity index (χ1n) is 5.15. The number of carbonyl (C=O) groups excluding carboxylic acids is 1. The van der Waals surface area contributed by atoms with Gasteiger partial charge in [-0.05, 0) is 40.2 Å². The Morgan fingerprint density at radius 3 is 2.63 bits per heavy atom. The van der Waals surface area contributed by atoms with Crippen molar-refractivity contribution < 1.29 is 9.53 Å². The van der Waals surface area contributed by atoms with Gasteiger partial charge in [0, 0.05) is 4.47 Å². The molecule has 4 N–H and O–H groups in total. The average molecular weight is 387 g/mol. The third-order valence-corrected chi connectivity index (χ3v) is 3.35. The molecule has 7 heteroatoms. The lowest BCUT2D eigenvalue weighted by Gasteiger charge is -2.10. The molecule has 1 aromatic carbocycles. The lowest BCUT2D eigenvalue weighted by atomic mass is 10.2. The fourth-order valence-corrected chi connectivity index (χ4v) is 2.52. The van der Waals surface area contributed by atoms with E-state index in [2.05, 4.69) is 36.8 Å². The Morgan fingerprint density at radius 2 is 2.00 bits per heavy atom. The van der Waals surface area contributed by atoms with Crippen LogP contribution in [0.3, 0.4) is 0 Å². The van der Waals surface area contributed by atoms with Crippen LogP contribution in [0.4, 0.5) is 5.69 Å². The molecule has 0 spiro atoms. The van der Waals surface area contributed by atoms with Crippen LogP contribution >= 0.6 is 31.9 Å². The molecular weight excluding hydrogens is 378 g/mol. The number of hydrogen-bond acceptors (Lipinski definition) is 4. The predicted octanol–water partition coefficient (Wildman–Crippen LogP) is 3.08. The number of rotatable bonds is 3. The molecule has 0 fully saturated rings. The smallest absolute Gasteiger partial charge is 0.254 e. The Kier molecular flexibility index (Phi) is 4.06. The summed E-state index contributed by atoms with van der Waals surface area (Å²) < 4.78 is 7.19. The minimum atomic E-state index is -0.650. The van der Waals surface area contributed by atoms with Gasteiger partial charge in [0.15, 0.2) is 0 Å². The maximum absolute atomic E-state index is 11.3. The van der Waals surface area contributed by atoms with Gasteiger partial charge in [0.1, 0.15) is 11.3 Å². The molecule has 98 valence electrons. The van der Waals surface area contributed by atoms with Gasteiger partial charge in [-0.3, -0.25) is 4.79 Å². The number of nitrogens with zero attached hydrogens (tertiary/aromatic N) is 1. The van der Waals surface area contributed by atoms with Crippen LogP contribution in [0, 0.1) is 0 Å². The van der Waals surface area contributed by atoms with Crippen LogP contribution in [0.15, 0.2) is 39.4 Å². The zero-order chi connectivity index (χ0) is 14.0. The summed E-state index contributed by atoms with van der Waals surface area (Å²) in [7, 11) is 0. The molecule has 0 aliphatic carbocycles. The van der Waals surface area contributed by atoms with Crippen molar-refractivity contribution in [1.82, 2.24) is 4.98 Å². The lowest BCUT2D eigenvalue weighted by Crippen LogP contribution is -2.13. The number of amides is 1. The van der Waals surface area contributed by atoms with Gasteiger partial charge in [0.25, 0.3) is 5.91 Å².